The van der Waals surface area contributed by atoms with Gasteiger partial charge in [-0.05, 0) is 30.5 Å². The van der Waals surface area contributed by atoms with Crippen molar-refractivity contribution in [2.45, 2.75) is 20.3 Å². The van der Waals surface area contributed by atoms with Crippen molar-refractivity contribution in [2.24, 2.45) is 5.92 Å². The zero-order chi connectivity index (χ0) is 15.2. The summed E-state index contributed by atoms with van der Waals surface area (Å²) in [5.74, 6) is 1.70. The van der Waals surface area contributed by atoms with E-state index in [0.29, 0.717) is 33.4 Å². The summed E-state index contributed by atoms with van der Waals surface area (Å²) in [5, 5.41) is 15.2. The SMILES string of the molecule is CC(C)CCNc1cnnc(Nc2ccc(Cl)cc2Cl)n1. The van der Waals surface area contributed by atoms with Gasteiger partial charge in [-0.3, -0.25) is 0 Å². The predicted octanol–water partition coefficient (Wildman–Crippen LogP) is 4.38. The molecule has 1 heterocycles. The molecular weight excluding hydrogens is 309 g/mol. The van der Waals surface area contributed by atoms with Crippen LogP contribution in [0.1, 0.15) is 20.3 Å². The highest BCUT2D eigenvalue weighted by molar-refractivity contribution is 6.36. The third kappa shape index (κ3) is 5.02. The van der Waals surface area contributed by atoms with Crippen LogP contribution < -0.4 is 10.6 Å². The van der Waals surface area contributed by atoms with Gasteiger partial charge in [-0.1, -0.05) is 37.0 Å². The minimum absolute atomic E-state index is 0.383. The third-order valence-corrected chi connectivity index (χ3v) is 3.31. The Labute approximate surface area is 134 Å². The molecule has 0 aliphatic heterocycles. The lowest BCUT2D eigenvalue weighted by molar-refractivity contribution is 0.606. The first-order valence-electron chi connectivity index (χ1n) is 6.70. The quantitative estimate of drug-likeness (QED) is 0.825. The lowest BCUT2D eigenvalue weighted by Crippen LogP contribution is -2.08. The summed E-state index contributed by atoms with van der Waals surface area (Å²) in [5.41, 5.74) is 0.683. The molecule has 21 heavy (non-hydrogen) atoms. The fraction of sp³-hybridized carbons (Fsp3) is 0.357. The molecule has 1 aromatic heterocycles. The summed E-state index contributed by atoms with van der Waals surface area (Å²) >= 11 is 12.0. The fourth-order valence-corrected chi connectivity index (χ4v) is 2.10. The molecule has 0 unspecified atom stereocenters. The molecule has 0 bridgehead atoms. The average molecular weight is 326 g/mol. The van der Waals surface area contributed by atoms with Crippen molar-refractivity contribution >= 4 is 40.7 Å². The molecule has 0 spiro atoms. The van der Waals surface area contributed by atoms with Crippen molar-refractivity contribution in [1.29, 1.82) is 0 Å². The van der Waals surface area contributed by atoms with Crippen LogP contribution in [0.4, 0.5) is 17.5 Å². The maximum Gasteiger partial charge on any atom is 0.249 e. The van der Waals surface area contributed by atoms with Crippen molar-refractivity contribution in [2.75, 3.05) is 17.2 Å². The first-order chi connectivity index (χ1) is 10.0. The number of benzene rings is 1. The fourth-order valence-electron chi connectivity index (χ4n) is 1.64. The van der Waals surface area contributed by atoms with Crippen molar-refractivity contribution in [3.63, 3.8) is 0 Å². The second-order valence-electron chi connectivity index (χ2n) is 5.02. The van der Waals surface area contributed by atoms with Crippen LogP contribution in [0, 0.1) is 5.92 Å². The average Bonchev–Trinajstić information content (AvgIpc) is 2.42. The van der Waals surface area contributed by atoms with E-state index in [1.807, 2.05) is 0 Å². The van der Waals surface area contributed by atoms with E-state index in [1.54, 1.807) is 24.4 Å². The third-order valence-electron chi connectivity index (χ3n) is 2.76. The Balaban J connectivity index is 2.03. The summed E-state index contributed by atoms with van der Waals surface area (Å²) in [7, 11) is 0. The molecule has 5 nitrogen and oxygen atoms in total. The first-order valence-corrected chi connectivity index (χ1v) is 7.46. The molecule has 0 amide bonds. The van der Waals surface area contributed by atoms with Crippen LogP contribution >= 0.6 is 23.2 Å². The number of nitrogens with one attached hydrogen (secondary N) is 2. The van der Waals surface area contributed by atoms with E-state index >= 15 is 0 Å². The lowest BCUT2D eigenvalue weighted by atomic mass is 10.1. The Bertz CT molecular complexity index is 604. The molecule has 2 N–H and O–H groups in total. The lowest BCUT2D eigenvalue weighted by Gasteiger charge is -2.09. The first kappa shape index (κ1) is 15.8. The van der Waals surface area contributed by atoms with Gasteiger partial charge >= 0.3 is 0 Å². The zero-order valence-electron chi connectivity index (χ0n) is 11.9. The van der Waals surface area contributed by atoms with Crippen molar-refractivity contribution in [3.8, 4) is 0 Å². The minimum Gasteiger partial charge on any atom is -0.369 e. The van der Waals surface area contributed by atoms with Crippen molar-refractivity contribution in [3.05, 3.63) is 34.4 Å². The van der Waals surface area contributed by atoms with Crippen molar-refractivity contribution in [1.82, 2.24) is 15.2 Å². The summed E-state index contributed by atoms with van der Waals surface area (Å²) in [6.07, 6.45) is 2.66. The maximum absolute atomic E-state index is 6.10. The molecule has 112 valence electrons. The molecule has 2 rings (SSSR count). The zero-order valence-corrected chi connectivity index (χ0v) is 13.4. The number of halogens is 2. The molecule has 1 aromatic carbocycles. The van der Waals surface area contributed by atoms with Gasteiger partial charge in [0, 0.05) is 11.6 Å². The molecular formula is C14H17Cl2N5. The van der Waals surface area contributed by atoms with Gasteiger partial charge in [0.05, 0.1) is 16.9 Å². The van der Waals surface area contributed by atoms with Gasteiger partial charge in [0.25, 0.3) is 0 Å². The van der Waals surface area contributed by atoms with Gasteiger partial charge in [0.2, 0.25) is 5.95 Å². The molecule has 0 saturated heterocycles. The highest BCUT2D eigenvalue weighted by Gasteiger charge is 2.05. The smallest absolute Gasteiger partial charge is 0.249 e. The number of aromatic nitrogens is 3. The molecule has 0 aliphatic carbocycles. The highest BCUT2D eigenvalue weighted by Crippen LogP contribution is 2.27. The topological polar surface area (TPSA) is 62.7 Å². The molecule has 0 radical (unpaired) electrons. The Morgan fingerprint density at radius 1 is 1.24 bits per heavy atom. The minimum atomic E-state index is 0.383. The summed E-state index contributed by atoms with van der Waals surface area (Å²) < 4.78 is 0. The highest BCUT2D eigenvalue weighted by atomic mass is 35.5. The van der Waals surface area contributed by atoms with E-state index in [2.05, 4.69) is 39.7 Å². The Kier molecular flexibility index (Phi) is 5.59. The van der Waals surface area contributed by atoms with E-state index in [0.717, 1.165) is 13.0 Å². The number of hydrogen-bond donors (Lipinski definition) is 2. The van der Waals surface area contributed by atoms with E-state index < -0.39 is 0 Å². The molecule has 0 aliphatic rings. The van der Waals surface area contributed by atoms with E-state index in [9.17, 15) is 0 Å². The van der Waals surface area contributed by atoms with Crippen LogP contribution in [0.3, 0.4) is 0 Å². The Morgan fingerprint density at radius 2 is 2.05 bits per heavy atom. The number of rotatable bonds is 6. The Morgan fingerprint density at radius 3 is 2.76 bits per heavy atom. The van der Waals surface area contributed by atoms with Gasteiger partial charge in [-0.2, -0.15) is 10.1 Å². The molecule has 2 aromatic rings. The van der Waals surface area contributed by atoms with Crippen LogP contribution in [-0.2, 0) is 0 Å². The maximum atomic E-state index is 6.10. The number of hydrogen-bond acceptors (Lipinski definition) is 5. The van der Waals surface area contributed by atoms with Gasteiger partial charge < -0.3 is 10.6 Å². The van der Waals surface area contributed by atoms with Crippen LogP contribution in [0.25, 0.3) is 0 Å². The monoisotopic (exact) mass is 325 g/mol. The van der Waals surface area contributed by atoms with Gasteiger partial charge in [-0.25, -0.2) is 0 Å². The standard InChI is InChI=1S/C14H17Cl2N5/c1-9(2)5-6-17-13-8-18-21-14(20-13)19-12-4-3-10(15)7-11(12)16/h3-4,7-9H,5-6H2,1-2H3,(H2,17,19,20,21). The summed E-state index contributed by atoms with van der Waals surface area (Å²) in [6, 6.07) is 5.17. The molecule has 0 atom stereocenters. The van der Waals surface area contributed by atoms with Gasteiger partial charge in [-0.15, -0.1) is 5.10 Å². The van der Waals surface area contributed by atoms with Gasteiger partial charge in [0.15, 0.2) is 5.82 Å². The molecule has 0 fully saturated rings. The van der Waals surface area contributed by atoms with Crippen LogP contribution in [0.5, 0.6) is 0 Å². The second-order valence-corrected chi connectivity index (χ2v) is 5.87. The van der Waals surface area contributed by atoms with Crippen molar-refractivity contribution < 1.29 is 0 Å². The Hall–Kier alpha value is -1.59. The van der Waals surface area contributed by atoms with E-state index in [4.69, 9.17) is 23.2 Å². The summed E-state index contributed by atoms with van der Waals surface area (Å²) in [6.45, 7) is 5.20. The molecule has 0 saturated carbocycles. The number of anilines is 3. The van der Waals surface area contributed by atoms with Crippen LogP contribution in [-0.4, -0.2) is 21.7 Å². The number of nitrogens with zero attached hydrogens (tertiary/aromatic N) is 3. The largest absolute Gasteiger partial charge is 0.369 e. The van der Waals surface area contributed by atoms with Gasteiger partial charge in [0.1, 0.15) is 0 Å². The normalized spacial score (nSPS) is 10.7. The van der Waals surface area contributed by atoms with Crippen LogP contribution in [0.15, 0.2) is 24.4 Å². The summed E-state index contributed by atoms with van der Waals surface area (Å²) in [4.78, 5) is 4.34. The van der Waals surface area contributed by atoms with Crippen LogP contribution in [0.2, 0.25) is 10.0 Å². The predicted molar refractivity (Wildman–Crippen MR) is 87.5 cm³/mol. The van der Waals surface area contributed by atoms with E-state index in [-0.39, 0.29) is 0 Å². The molecule has 7 heteroatoms. The second kappa shape index (κ2) is 7.43. The van der Waals surface area contributed by atoms with E-state index in [1.165, 1.54) is 0 Å².